The standard InChI is InChI=1S/C43H72/c1-27(31-29(37(2,3)4)24-23-25-30(31)38(5,6)7)26-28-32(39(8,9)10)34(41(14,15)16)36(43(20,21)22)35(42(17,18)19)33(28)40(11,12)13/h23-25,27H,26H2,1-22H3. The van der Waals surface area contributed by atoms with Crippen LogP contribution in [0.25, 0.3) is 0 Å². The minimum Gasteiger partial charge on any atom is -0.0617 e. The fraction of sp³-hybridized carbons (Fsp3) is 0.721. The molecule has 0 heteroatoms. The Hall–Kier alpha value is -1.56. The molecular formula is C43H72. The summed E-state index contributed by atoms with van der Waals surface area (Å²) in [5, 5.41) is 0. The zero-order valence-electron chi connectivity index (χ0n) is 33.0. The highest BCUT2D eigenvalue weighted by atomic mass is 14.5. The van der Waals surface area contributed by atoms with Crippen LogP contribution in [0.1, 0.15) is 208 Å². The van der Waals surface area contributed by atoms with Gasteiger partial charge in [-0.25, -0.2) is 0 Å². The Morgan fingerprint density at radius 2 is 0.651 bits per heavy atom. The van der Waals surface area contributed by atoms with E-state index >= 15 is 0 Å². The van der Waals surface area contributed by atoms with Crippen molar-refractivity contribution in [1.29, 1.82) is 0 Å². The van der Waals surface area contributed by atoms with Crippen LogP contribution in [-0.2, 0) is 44.3 Å². The molecule has 43 heavy (non-hydrogen) atoms. The van der Waals surface area contributed by atoms with Crippen molar-refractivity contribution < 1.29 is 0 Å². The Morgan fingerprint density at radius 1 is 0.395 bits per heavy atom. The molecule has 0 radical (unpaired) electrons. The maximum atomic E-state index is 2.52. The molecule has 0 aliphatic heterocycles. The van der Waals surface area contributed by atoms with E-state index in [4.69, 9.17) is 0 Å². The topological polar surface area (TPSA) is 0 Å². The second-order valence-electron chi connectivity index (χ2n) is 21.0. The molecule has 0 N–H and O–H groups in total. The highest BCUT2D eigenvalue weighted by molar-refractivity contribution is 5.63. The highest BCUT2D eigenvalue weighted by Gasteiger charge is 2.43. The van der Waals surface area contributed by atoms with E-state index in [1.54, 1.807) is 38.9 Å². The maximum absolute atomic E-state index is 2.52. The molecule has 2 rings (SSSR count). The van der Waals surface area contributed by atoms with E-state index in [0.29, 0.717) is 5.92 Å². The molecule has 1 unspecified atom stereocenters. The third-order valence-electron chi connectivity index (χ3n) is 9.08. The average molecular weight is 589 g/mol. The first-order chi connectivity index (χ1) is 18.7. The van der Waals surface area contributed by atoms with Gasteiger partial charge in [-0.1, -0.05) is 171 Å². The monoisotopic (exact) mass is 589 g/mol. The van der Waals surface area contributed by atoms with E-state index in [0.717, 1.165) is 6.42 Å². The number of hydrogen-bond donors (Lipinski definition) is 0. The van der Waals surface area contributed by atoms with Crippen molar-refractivity contribution in [2.75, 3.05) is 0 Å². The minimum absolute atomic E-state index is 0.00445. The van der Waals surface area contributed by atoms with E-state index < -0.39 is 0 Å². The van der Waals surface area contributed by atoms with Crippen molar-refractivity contribution in [1.82, 2.24) is 0 Å². The lowest BCUT2D eigenvalue weighted by Crippen LogP contribution is -2.37. The van der Waals surface area contributed by atoms with Crippen LogP contribution in [0, 0.1) is 0 Å². The summed E-state index contributed by atoms with van der Waals surface area (Å²) in [6, 6.07) is 7.10. The Bertz CT molecular complexity index is 1210. The molecule has 0 saturated carbocycles. The van der Waals surface area contributed by atoms with Gasteiger partial charge in [0.25, 0.3) is 0 Å². The van der Waals surface area contributed by atoms with Crippen molar-refractivity contribution in [2.24, 2.45) is 0 Å². The third-order valence-corrected chi connectivity index (χ3v) is 9.08. The van der Waals surface area contributed by atoms with Crippen LogP contribution in [-0.4, -0.2) is 0 Å². The van der Waals surface area contributed by atoms with E-state index in [1.807, 2.05) is 0 Å². The lowest BCUT2D eigenvalue weighted by atomic mass is 9.58. The predicted octanol–water partition coefficient (Wildman–Crippen LogP) is 13.1. The van der Waals surface area contributed by atoms with E-state index in [-0.39, 0.29) is 37.9 Å². The molecule has 0 aliphatic rings. The van der Waals surface area contributed by atoms with Crippen molar-refractivity contribution in [2.45, 2.75) is 203 Å². The fourth-order valence-electron chi connectivity index (χ4n) is 7.72. The molecule has 2 aromatic rings. The summed E-state index contributed by atoms with van der Waals surface area (Å²) >= 11 is 0. The third kappa shape index (κ3) is 8.00. The molecular weight excluding hydrogens is 516 g/mol. The fourth-order valence-corrected chi connectivity index (χ4v) is 7.72. The SMILES string of the molecule is CC(Cc1c(C(C)(C)C)c(C(C)(C)C)c(C(C)(C)C)c(C(C)(C)C)c1C(C)(C)C)c1c(C(C)(C)C)cccc1C(C)(C)C. The molecule has 0 amide bonds. The summed E-state index contributed by atoms with van der Waals surface area (Å²) in [6.07, 6.45) is 1.05. The van der Waals surface area contributed by atoms with Gasteiger partial charge in [0.15, 0.2) is 0 Å². The first-order valence-corrected chi connectivity index (χ1v) is 17.1. The first-order valence-electron chi connectivity index (χ1n) is 17.1. The highest BCUT2D eigenvalue weighted by Crippen LogP contribution is 2.53. The normalized spacial score (nSPS) is 15.2. The minimum atomic E-state index is 0.00445. The molecule has 0 heterocycles. The number of benzene rings is 2. The van der Waals surface area contributed by atoms with Gasteiger partial charge in [-0.05, 0) is 100 Å². The lowest BCUT2D eigenvalue weighted by molar-refractivity contribution is 0.451. The van der Waals surface area contributed by atoms with Crippen LogP contribution >= 0.6 is 0 Å². The van der Waals surface area contributed by atoms with Crippen LogP contribution in [0.4, 0.5) is 0 Å². The van der Waals surface area contributed by atoms with Crippen molar-refractivity contribution in [3.8, 4) is 0 Å². The second-order valence-corrected chi connectivity index (χ2v) is 21.0. The van der Waals surface area contributed by atoms with Crippen molar-refractivity contribution in [3.63, 3.8) is 0 Å². The van der Waals surface area contributed by atoms with Gasteiger partial charge in [-0.2, -0.15) is 0 Å². The van der Waals surface area contributed by atoms with Gasteiger partial charge in [0.1, 0.15) is 0 Å². The zero-order valence-corrected chi connectivity index (χ0v) is 33.0. The molecule has 0 aromatic heterocycles. The van der Waals surface area contributed by atoms with Gasteiger partial charge in [0.2, 0.25) is 0 Å². The molecule has 0 fully saturated rings. The van der Waals surface area contributed by atoms with E-state index in [9.17, 15) is 0 Å². The quantitative estimate of drug-likeness (QED) is 0.334. The van der Waals surface area contributed by atoms with Crippen LogP contribution in [0.2, 0.25) is 0 Å². The smallest absolute Gasteiger partial charge is 0.0126 e. The van der Waals surface area contributed by atoms with Crippen LogP contribution in [0.15, 0.2) is 18.2 Å². The van der Waals surface area contributed by atoms with Crippen LogP contribution < -0.4 is 0 Å². The number of rotatable bonds is 3. The van der Waals surface area contributed by atoms with Gasteiger partial charge in [0, 0.05) is 0 Å². The summed E-state index contributed by atoms with van der Waals surface area (Å²) in [4.78, 5) is 0. The molecule has 244 valence electrons. The van der Waals surface area contributed by atoms with Crippen molar-refractivity contribution in [3.05, 3.63) is 68.3 Å². The Labute approximate surface area is 270 Å². The molecule has 0 spiro atoms. The summed E-state index contributed by atoms with van der Waals surface area (Å²) < 4.78 is 0. The van der Waals surface area contributed by atoms with E-state index in [1.165, 1.54) is 11.1 Å². The Morgan fingerprint density at radius 3 is 0.884 bits per heavy atom. The number of hydrogen-bond acceptors (Lipinski definition) is 0. The predicted molar refractivity (Wildman–Crippen MR) is 196 cm³/mol. The largest absolute Gasteiger partial charge is 0.0617 e. The molecule has 0 saturated heterocycles. The summed E-state index contributed by atoms with van der Waals surface area (Å²) in [5.41, 5.74) is 14.4. The molecule has 1 atom stereocenters. The molecule has 0 bridgehead atoms. The molecule has 0 nitrogen and oxygen atoms in total. The summed E-state index contributed by atoms with van der Waals surface area (Å²) in [7, 11) is 0. The van der Waals surface area contributed by atoms with Crippen LogP contribution in [0.5, 0.6) is 0 Å². The average Bonchev–Trinajstić information content (AvgIpc) is 2.72. The van der Waals surface area contributed by atoms with Crippen molar-refractivity contribution >= 4 is 0 Å². The van der Waals surface area contributed by atoms with Gasteiger partial charge in [-0.15, -0.1) is 0 Å². The Kier molecular flexibility index (Phi) is 9.93. The maximum Gasteiger partial charge on any atom is -0.0126 e. The Balaban J connectivity index is 3.37. The first kappa shape index (κ1) is 37.6. The molecule has 0 aliphatic carbocycles. The zero-order chi connectivity index (χ0) is 34.1. The van der Waals surface area contributed by atoms with Gasteiger partial charge in [-0.3, -0.25) is 0 Å². The van der Waals surface area contributed by atoms with Gasteiger partial charge in [0.05, 0.1) is 0 Å². The van der Waals surface area contributed by atoms with Crippen LogP contribution in [0.3, 0.4) is 0 Å². The second kappa shape index (κ2) is 11.4. The van der Waals surface area contributed by atoms with E-state index in [2.05, 4.69) is 171 Å². The van der Waals surface area contributed by atoms with Gasteiger partial charge < -0.3 is 0 Å². The summed E-state index contributed by atoms with van der Waals surface area (Å²) in [5.74, 6) is 0.382. The summed E-state index contributed by atoms with van der Waals surface area (Å²) in [6.45, 7) is 53.7. The molecule has 2 aromatic carbocycles. The lowest BCUT2D eigenvalue weighted by Gasteiger charge is -2.46. The van der Waals surface area contributed by atoms with Gasteiger partial charge >= 0.3 is 0 Å².